The van der Waals surface area contributed by atoms with Crippen LogP contribution >= 0.6 is 45.2 Å². The van der Waals surface area contributed by atoms with Crippen LogP contribution in [0.5, 0.6) is 0 Å². The number of alkyl carbamates (subject to hydrolysis) is 1. The Morgan fingerprint density at radius 3 is 2.45 bits per heavy atom. The number of rotatable bonds is 4. The number of carbonyl (C=O) groups excluding carboxylic acids is 1. The molecule has 1 aromatic rings. The summed E-state index contributed by atoms with van der Waals surface area (Å²) < 4.78 is 6.47. The molecule has 20 heavy (non-hydrogen) atoms. The zero-order valence-electron chi connectivity index (χ0n) is 11.2. The Balaban J connectivity index is 2.73. The van der Waals surface area contributed by atoms with Crippen LogP contribution in [0.1, 0.15) is 26.5 Å². The lowest BCUT2D eigenvalue weighted by Crippen LogP contribution is -2.44. The number of H-pyrrole nitrogens is 1. The third-order valence-corrected chi connectivity index (χ3v) is 3.49. The Morgan fingerprint density at radius 1 is 1.45 bits per heavy atom. The van der Waals surface area contributed by atoms with Crippen molar-refractivity contribution in [2.24, 2.45) is 0 Å². The Labute approximate surface area is 143 Å². The first-order chi connectivity index (χ1) is 9.08. The number of carbonyl (C=O) groups is 2. The highest BCUT2D eigenvalue weighted by molar-refractivity contribution is 14.1. The van der Waals surface area contributed by atoms with Gasteiger partial charge in [0.15, 0.2) is 3.83 Å². The molecule has 9 heteroatoms. The molecule has 0 aliphatic rings. The molecule has 0 fully saturated rings. The van der Waals surface area contributed by atoms with Crippen LogP contribution in [0.2, 0.25) is 0 Å². The molecular formula is C11H15I2N3O4. The second kappa shape index (κ2) is 6.91. The third-order valence-electron chi connectivity index (χ3n) is 2.09. The number of carboxylic acids is 1. The predicted molar refractivity (Wildman–Crippen MR) is 88.5 cm³/mol. The highest BCUT2D eigenvalue weighted by atomic mass is 127. The van der Waals surface area contributed by atoms with Gasteiger partial charge in [0.2, 0.25) is 0 Å². The number of hydrogen-bond donors (Lipinski definition) is 3. The molecule has 0 saturated heterocycles. The van der Waals surface area contributed by atoms with Gasteiger partial charge in [-0.25, -0.2) is 14.6 Å². The van der Waals surface area contributed by atoms with Crippen LogP contribution in [-0.2, 0) is 16.0 Å². The lowest BCUT2D eigenvalue weighted by Gasteiger charge is -2.21. The number of imidazole rings is 1. The van der Waals surface area contributed by atoms with Crippen molar-refractivity contribution < 1.29 is 19.4 Å². The van der Waals surface area contributed by atoms with Crippen LogP contribution in [0.15, 0.2) is 0 Å². The Bertz CT molecular complexity index is 510. The molecule has 0 radical (unpaired) electrons. The number of hydrogen-bond acceptors (Lipinski definition) is 4. The lowest BCUT2D eigenvalue weighted by molar-refractivity contribution is -0.139. The molecule has 3 N–H and O–H groups in total. The van der Waals surface area contributed by atoms with Crippen molar-refractivity contribution in [3.05, 3.63) is 13.2 Å². The fourth-order valence-corrected chi connectivity index (χ4v) is 3.01. The van der Waals surface area contributed by atoms with Crippen LogP contribution < -0.4 is 5.32 Å². The summed E-state index contributed by atoms with van der Waals surface area (Å²) >= 11 is 4.04. The van der Waals surface area contributed by atoms with Gasteiger partial charge in [0.25, 0.3) is 0 Å². The third kappa shape index (κ3) is 5.81. The van der Waals surface area contributed by atoms with Gasteiger partial charge in [-0.05, 0) is 66.0 Å². The highest BCUT2D eigenvalue weighted by Gasteiger charge is 2.25. The fourth-order valence-electron chi connectivity index (χ4n) is 1.34. The van der Waals surface area contributed by atoms with Gasteiger partial charge in [-0.15, -0.1) is 0 Å². The number of carboxylic acid groups (broad SMARTS) is 1. The number of nitrogens with one attached hydrogen (secondary N) is 2. The van der Waals surface area contributed by atoms with Crippen molar-refractivity contribution in [2.75, 3.05) is 0 Å². The minimum absolute atomic E-state index is 0.0896. The second-order valence-corrected chi connectivity index (χ2v) is 7.13. The van der Waals surface area contributed by atoms with Crippen LogP contribution in [0, 0.1) is 7.53 Å². The minimum atomic E-state index is -1.13. The molecule has 0 bridgehead atoms. The molecule has 1 aromatic heterocycles. The van der Waals surface area contributed by atoms with E-state index in [9.17, 15) is 9.59 Å². The zero-order valence-corrected chi connectivity index (χ0v) is 15.5. The predicted octanol–water partition coefficient (Wildman–Crippen LogP) is 2.14. The van der Waals surface area contributed by atoms with Gasteiger partial charge >= 0.3 is 12.1 Å². The number of amides is 1. The first-order valence-electron chi connectivity index (χ1n) is 5.70. The van der Waals surface area contributed by atoms with E-state index in [-0.39, 0.29) is 6.42 Å². The monoisotopic (exact) mass is 507 g/mol. The molecule has 7 nitrogen and oxygen atoms in total. The minimum Gasteiger partial charge on any atom is -0.480 e. The Kier molecular flexibility index (Phi) is 6.04. The Hall–Kier alpha value is -0.590. The lowest BCUT2D eigenvalue weighted by atomic mass is 10.1. The standard InChI is InChI=1S/C11H15I2N3O4/c1-11(2,3)20-10(19)15-6(8(17)18)4-5-7(12)16-9(13)14-5/h6H,4H2,1-3H3,(H,14,16)(H,15,19)(H,17,18)/t6-/m0/s1. The summed E-state index contributed by atoms with van der Waals surface area (Å²) in [6, 6.07) is -1.09. The number of ether oxygens (including phenoxy) is 1. The zero-order chi connectivity index (χ0) is 15.5. The van der Waals surface area contributed by atoms with E-state index in [2.05, 4.69) is 15.3 Å². The van der Waals surface area contributed by atoms with Gasteiger partial charge in [0.1, 0.15) is 15.3 Å². The van der Waals surface area contributed by atoms with Crippen molar-refractivity contribution in [3.63, 3.8) is 0 Å². The molecule has 0 aliphatic carbocycles. The highest BCUT2D eigenvalue weighted by Crippen LogP contribution is 2.13. The molecule has 0 aromatic carbocycles. The van der Waals surface area contributed by atoms with E-state index in [0.717, 1.165) is 3.70 Å². The normalized spacial score (nSPS) is 12.8. The summed E-state index contributed by atoms with van der Waals surface area (Å²) in [4.78, 5) is 30.0. The molecule has 112 valence electrons. The van der Waals surface area contributed by atoms with Gasteiger partial charge in [0, 0.05) is 6.42 Å². The molecule has 1 rings (SSSR count). The van der Waals surface area contributed by atoms with Gasteiger partial charge < -0.3 is 20.1 Å². The summed E-state index contributed by atoms with van der Waals surface area (Å²) in [7, 11) is 0. The SMILES string of the molecule is CC(C)(C)OC(=O)N[C@@H](Cc1nc(I)[nH]c1I)C(=O)O. The summed E-state index contributed by atoms with van der Waals surface area (Å²) in [5, 5.41) is 11.5. The van der Waals surface area contributed by atoms with E-state index in [4.69, 9.17) is 9.84 Å². The molecule has 1 amide bonds. The van der Waals surface area contributed by atoms with Gasteiger partial charge in [-0.2, -0.15) is 0 Å². The quantitative estimate of drug-likeness (QED) is 0.543. The summed E-state index contributed by atoms with van der Waals surface area (Å²) in [5.74, 6) is -1.13. The molecular weight excluding hydrogens is 492 g/mol. The number of aliphatic carboxylic acids is 1. The largest absolute Gasteiger partial charge is 0.480 e. The van der Waals surface area contributed by atoms with Crippen molar-refractivity contribution in [1.29, 1.82) is 0 Å². The molecule has 1 atom stereocenters. The van der Waals surface area contributed by atoms with E-state index >= 15 is 0 Å². The second-order valence-electron chi connectivity index (χ2n) is 5.03. The smallest absolute Gasteiger partial charge is 0.408 e. The van der Waals surface area contributed by atoms with Crippen molar-refractivity contribution in [3.8, 4) is 0 Å². The first-order valence-corrected chi connectivity index (χ1v) is 7.86. The fraction of sp³-hybridized carbons (Fsp3) is 0.545. The summed E-state index contributed by atoms with van der Waals surface area (Å²) in [6.45, 7) is 5.13. The first kappa shape index (κ1) is 17.5. The Morgan fingerprint density at radius 2 is 2.05 bits per heavy atom. The van der Waals surface area contributed by atoms with E-state index < -0.39 is 23.7 Å². The van der Waals surface area contributed by atoms with Crippen molar-refractivity contribution in [1.82, 2.24) is 15.3 Å². The maximum atomic E-state index is 11.6. The van der Waals surface area contributed by atoms with E-state index in [1.807, 2.05) is 45.2 Å². The van der Waals surface area contributed by atoms with E-state index in [1.165, 1.54) is 0 Å². The molecule has 0 aliphatic heterocycles. The van der Waals surface area contributed by atoms with Gasteiger partial charge in [-0.3, -0.25) is 0 Å². The van der Waals surface area contributed by atoms with Crippen LogP contribution in [0.25, 0.3) is 0 Å². The maximum Gasteiger partial charge on any atom is 0.408 e. The molecule has 1 heterocycles. The average Bonchev–Trinajstić information content (AvgIpc) is 2.53. The molecule has 0 spiro atoms. The average molecular weight is 507 g/mol. The van der Waals surface area contributed by atoms with E-state index in [0.29, 0.717) is 9.53 Å². The van der Waals surface area contributed by atoms with Gasteiger partial charge in [-0.1, -0.05) is 0 Å². The van der Waals surface area contributed by atoms with Crippen LogP contribution in [-0.4, -0.2) is 38.8 Å². The number of aromatic amines is 1. The number of halogens is 2. The summed E-state index contributed by atoms with van der Waals surface area (Å²) in [6.07, 6.45) is -0.669. The molecule has 0 unspecified atom stereocenters. The number of aromatic nitrogens is 2. The topological polar surface area (TPSA) is 104 Å². The molecule has 0 saturated carbocycles. The van der Waals surface area contributed by atoms with Crippen molar-refractivity contribution >= 4 is 57.2 Å². The number of nitrogens with zero attached hydrogens (tertiary/aromatic N) is 1. The summed E-state index contributed by atoms with van der Waals surface area (Å²) in [5.41, 5.74) is -0.0815. The van der Waals surface area contributed by atoms with Crippen molar-refractivity contribution in [2.45, 2.75) is 38.8 Å². The van der Waals surface area contributed by atoms with Crippen LogP contribution in [0.4, 0.5) is 4.79 Å². The maximum absolute atomic E-state index is 11.6. The van der Waals surface area contributed by atoms with Gasteiger partial charge in [0.05, 0.1) is 5.69 Å². The van der Waals surface area contributed by atoms with Crippen LogP contribution in [0.3, 0.4) is 0 Å². The van der Waals surface area contributed by atoms with E-state index in [1.54, 1.807) is 20.8 Å².